The van der Waals surface area contributed by atoms with Crippen LogP contribution in [0.2, 0.25) is 0 Å². The molecule has 18 heavy (non-hydrogen) atoms. The topological polar surface area (TPSA) is 12.9 Å². The molecule has 3 rings (SSSR count). The van der Waals surface area contributed by atoms with E-state index in [4.69, 9.17) is 0 Å². The minimum Gasteiger partial charge on any atom is -0.258 e. The third kappa shape index (κ3) is 1.88. The van der Waals surface area contributed by atoms with Crippen molar-refractivity contribution < 1.29 is 0 Å². The van der Waals surface area contributed by atoms with Gasteiger partial charge in [-0.25, -0.2) is 0 Å². The average molecular weight is 232 g/mol. The van der Waals surface area contributed by atoms with Gasteiger partial charge >= 0.3 is 0 Å². The van der Waals surface area contributed by atoms with E-state index in [0.29, 0.717) is 0 Å². The summed E-state index contributed by atoms with van der Waals surface area (Å²) in [5.41, 5.74) is 4.59. The number of hydrogen-bond acceptors (Lipinski definition) is 1. The Labute approximate surface area is 107 Å². The molecule has 1 heterocycles. The first-order valence-corrected chi connectivity index (χ1v) is 6.09. The predicted molar refractivity (Wildman–Crippen MR) is 75.5 cm³/mol. The standard InChI is InChI=1S/C17H14N/c1-12-10-15(11-13(2)18-12)17-9-5-7-14-6-3-4-8-16(14)17/h3-5,7-11H,1-2H3. The Bertz CT molecular complexity index is 688. The molecule has 0 aliphatic heterocycles. The maximum absolute atomic E-state index is 4.43. The largest absolute Gasteiger partial charge is 0.258 e. The summed E-state index contributed by atoms with van der Waals surface area (Å²) in [6.07, 6.45) is 0. The van der Waals surface area contributed by atoms with Crippen LogP contribution in [0, 0.1) is 19.9 Å². The fourth-order valence-electron chi connectivity index (χ4n) is 2.39. The first-order chi connectivity index (χ1) is 8.74. The summed E-state index contributed by atoms with van der Waals surface area (Å²) >= 11 is 0. The fraction of sp³-hybridized carbons (Fsp3) is 0.118. The second-order valence-electron chi connectivity index (χ2n) is 4.58. The van der Waals surface area contributed by atoms with Crippen LogP contribution in [0.3, 0.4) is 0 Å². The number of fused-ring (bicyclic) bond motifs is 1. The van der Waals surface area contributed by atoms with E-state index in [2.05, 4.69) is 47.4 Å². The van der Waals surface area contributed by atoms with Crippen LogP contribution in [0.1, 0.15) is 11.4 Å². The summed E-state index contributed by atoms with van der Waals surface area (Å²) in [5.74, 6) is 0. The Hall–Kier alpha value is -2.15. The van der Waals surface area contributed by atoms with Gasteiger partial charge in [-0.05, 0) is 53.9 Å². The van der Waals surface area contributed by atoms with E-state index in [0.717, 1.165) is 16.8 Å². The third-order valence-electron chi connectivity index (χ3n) is 3.10. The lowest BCUT2D eigenvalue weighted by Gasteiger charge is -2.08. The molecule has 0 bridgehead atoms. The molecular formula is C17H14N. The summed E-state index contributed by atoms with van der Waals surface area (Å²) in [5, 5.41) is 2.40. The number of nitrogens with zero attached hydrogens (tertiary/aromatic N) is 1. The minimum atomic E-state index is 1.06. The lowest BCUT2D eigenvalue weighted by atomic mass is 9.98. The van der Waals surface area contributed by atoms with Gasteiger partial charge in [0.05, 0.1) is 0 Å². The highest BCUT2D eigenvalue weighted by molar-refractivity contribution is 5.96. The molecule has 0 amide bonds. The van der Waals surface area contributed by atoms with Gasteiger partial charge in [0, 0.05) is 11.4 Å². The van der Waals surface area contributed by atoms with Crippen LogP contribution in [0.15, 0.2) is 48.5 Å². The molecule has 0 unspecified atom stereocenters. The van der Waals surface area contributed by atoms with E-state index in [1.807, 2.05) is 26.0 Å². The van der Waals surface area contributed by atoms with Gasteiger partial charge in [-0.3, -0.25) is 4.98 Å². The Balaban J connectivity index is 2.31. The molecule has 1 radical (unpaired) electrons. The molecule has 0 atom stereocenters. The summed E-state index contributed by atoms with van der Waals surface area (Å²) < 4.78 is 0. The molecule has 0 saturated heterocycles. The van der Waals surface area contributed by atoms with Crippen molar-refractivity contribution in [1.82, 2.24) is 4.98 Å². The van der Waals surface area contributed by atoms with E-state index in [1.54, 1.807) is 0 Å². The zero-order valence-electron chi connectivity index (χ0n) is 10.6. The molecule has 0 fully saturated rings. The van der Waals surface area contributed by atoms with Gasteiger partial charge in [0.15, 0.2) is 0 Å². The summed E-state index contributed by atoms with van der Waals surface area (Å²) in [6.45, 7) is 4.07. The molecule has 1 heteroatoms. The van der Waals surface area contributed by atoms with E-state index < -0.39 is 0 Å². The summed E-state index contributed by atoms with van der Waals surface area (Å²) in [6, 6.07) is 20.0. The molecule has 2 aromatic carbocycles. The quantitative estimate of drug-likeness (QED) is 0.609. The van der Waals surface area contributed by atoms with Gasteiger partial charge in [0.1, 0.15) is 0 Å². The second kappa shape index (κ2) is 4.26. The van der Waals surface area contributed by atoms with Crippen molar-refractivity contribution >= 4 is 10.8 Å². The van der Waals surface area contributed by atoms with Crippen LogP contribution < -0.4 is 0 Å². The first-order valence-electron chi connectivity index (χ1n) is 6.09. The SMILES string of the molecule is Cc1cc(-c2cccc3[c]cccc23)cc(C)n1. The monoisotopic (exact) mass is 232 g/mol. The summed E-state index contributed by atoms with van der Waals surface area (Å²) in [4.78, 5) is 4.43. The van der Waals surface area contributed by atoms with E-state index in [-0.39, 0.29) is 0 Å². The number of benzene rings is 2. The normalized spacial score (nSPS) is 10.8. The summed E-state index contributed by atoms with van der Waals surface area (Å²) in [7, 11) is 0. The maximum Gasteiger partial charge on any atom is 0.0382 e. The van der Waals surface area contributed by atoms with Crippen molar-refractivity contribution in [1.29, 1.82) is 0 Å². The Morgan fingerprint density at radius 1 is 0.944 bits per heavy atom. The fourth-order valence-corrected chi connectivity index (χ4v) is 2.39. The van der Waals surface area contributed by atoms with Crippen molar-refractivity contribution in [2.75, 3.05) is 0 Å². The zero-order chi connectivity index (χ0) is 12.5. The van der Waals surface area contributed by atoms with Crippen molar-refractivity contribution in [3.8, 4) is 11.1 Å². The minimum absolute atomic E-state index is 1.06. The highest BCUT2D eigenvalue weighted by Gasteiger charge is 2.04. The number of aryl methyl sites for hydroxylation is 2. The van der Waals surface area contributed by atoms with Gasteiger partial charge in [-0.15, -0.1) is 0 Å². The van der Waals surface area contributed by atoms with Crippen molar-refractivity contribution in [3.63, 3.8) is 0 Å². The van der Waals surface area contributed by atoms with E-state index in [9.17, 15) is 0 Å². The number of hydrogen-bond donors (Lipinski definition) is 0. The zero-order valence-corrected chi connectivity index (χ0v) is 10.6. The lowest BCUT2D eigenvalue weighted by molar-refractivity contribution is 1.12. The van der Waals surface area contributed by atoms with Gasteiger partial charge in [0.2, 0.25) is 0 Å². The Morgan fingerprint density at radius 2 is 1.72 bits per heavy atom. The molecule has 1 aromatic heterocycles. The van der Waals surface area contributed by atoms with Crippen LogP contribution in [0.25, 0.3) is 21.9 Å². The highest BCUT2D eigenvalue weighted by atomic mass is 14.7. The van der Waals surface area contributed by atoms with Crippen LogP contribution in [0.4, 0.5) is 0 Å². The molecule has 87 valence electrons. The van der Waals surface area contributed by atoms with Gasteiger partial charge in [-0.1, -0.05) is 36.4 Å². The van der Waals surface area contributed by atoms with Crippen LogP contribution >= 0.6 is 0 Å². The molecule has 1 nitrogen and oxygen atoms in total. The number of pyridine rings is 1. The molecule has 0 aliphatic rings. The van der Waals surface area contributed by atoms with Crippen molar-refractivity contribution in [2.24, 2.45) is 0 Å². The van der Waals surface area contributed by atoms with Crippen LogP contribution in [-0.4, -0.2) is 4.98 Å². The molecule has 0 aliphatic carbocycles. The number of aromatic nitrogens is 1. The Morgan fingerprint density at radius 3 is 2.50 bits per heavy atom. The van der Waals surface area contributed by atoms with Crippen molar-refractivity contribution in [3.05, 3.63) is 66.0 Å². The smallest absolute Gasteiger partial charge is 0.0382 e. The predicted octanol–water partition coefficient (Wildman–Crippen LogP) is 4.32. The van der Waals surface area contributed by atoms with E-state index in [1.165, 1.54) is 16.5 Å². The molecular weight excluding hydrogens is 218 g/mol. The Kier molecular flexibility index (Phi) is 2.60. The van der Waals surface area contributed by atoms with Crippen molar-refractivity contribution in [2.45, 2.75) is 13.8 Å². The molecule has 0 N–H and O–H groups in total. The first kappa shape index (κ1) is 11.0. The van der Waals surface area contributed by atoms with Crippen LogP contribution in [0.5, 0.6) is 0 Å². The second-order valence-corrected chi connectivity index (χ2v) is 4.58. The maximum atomic E-state index is 4.43. The molecule has 0 saturated carbocycles. The third-order valence-corrected chi connectivity index (χ3v) is 3.10. The molecule has 0 spiro atoms. The van der Waals surface area contributed by atoms with Gasteiger partial charge in [-0.2, -0.15) is 0 Å². The number of rotatable bonds is 1. The van der Waals surface area contributed by atoms with Gasteiger partial charge in [0.25, 0.3) is 0 Å². The lowest BCUT2D eigenvalue weighted by Crippen LogP contribution is -1.89. The average Bonchev–Trinajstić information content (AvgIpc) is 2.37. The highest BCUT2D eigenvalue weighted by Crippen LogP contribution is 2.28. The van der Waals surface area contributed by atoms with Gasteiger partial charge < -0.3 is 0 Å². The van der Waals surface area contributed by atoms with E-state index >= 15 is 0 Å². The molecule has 3 aromatic rings. The van der Waals surface area contributed by atoms with Crippen LogP contribution in [-0.2, 0) is 0 Å².